The molecule has 0 aliphatic carbocycles. The van der Waals surface area contributed by atoms with E-state index in [9.17, 15) is 18.3 Å². The Balaban J connectivity index is 1.34. The minimum absolute atomic E-state index is 0.0204. The molecule has 0 bridgehead atoms. The molecule has 190 valence electrons. The van der Waals surface area contributed by atoms with Gasteiger partial charge in [-0.25, -0.2) is 13.4 Å². The Bertz CT molecular complexity index is 1550. The fourth-order valence-corrected chi connectivity index (χ4v) is 5.80. The predicted molar refractivity (Wildman–Crippen MR) is 139 cm³/mol. The van der Waals surface area contributed by atoms with Crippen molar-refractivity contribution in [2.24, 2.45) is 0 Å². The van der Waals surface area contributed by atoms with E-state index in [0.29, 0.717) is 36.8 Å². The Kier molecular flexibility index (Phi) is 6.53. The Labute approximate surface area is 214 Å². The Morgan fingerprint density at radius 2 is 1.73 bits per heavy atom. The van der Waals surface area contributed by atoms with Crippen molar-refractivity contribution < 1.29 is 23.1 Å². The normalized spacial score (nSPS) is 15.4. The number of hydrogen-bond donors (Lipinski definition) is 2. The number of nitrogens with one attached hydrogen (secondary N) is 1. The Hall–Kier alpha value is -4.02. The average molecular weight is 519 g/mol. The molecule has 1 fully saturated rings. The van der Waals surface area contributed by atoms with Gasteiger partial charge in [0.25, 0.3) is 15.9 Å². The predicted octanol–water partition coefficient (Wildman–Crippen LogP) is 3.56. The summed E-state index contributed by atoms with van der Waals surface area (Å²) in [6, 6.07) is 20.8. The van der Waals surface area contributed by atoms with Crippen molar-refractivity contribution in [2.45, 2.75) is 23.3 Å². The maximum absolute atomic E-state index is 13.2. The van der Waals surface area contributed by atoms with Gasteiger partial charge in [-0.3, -0.25) is 14.5 Å². The van der Waals surface area contributed by atoms with Gasteiger partial charge in [0.1, 0.15) is 16.3 Å². The first-order valence-electron chi connectivity index (χ1n) is 11.8. The number of aliphatic hydroxyl groups is 1. The highest BCUT2D eigenvalue weighted by Crippen LogP contribution is 2.33. The molecule has 5 rings (SSSR count). The number of carbonyl (C=O) groups is 1. The Morgan fingerprint density at radius 1 is 1.00 bits per heavy atom. The van der Waals surface area contributed by atoms with Crippen LogP contribution in [0.2, 0.25) is 0 Å². The summed E-state index contributed by atoms with van der Waals surface area (Å²) in [5, 5.41) is 11.7. The van der Waals surface area contributed by atoms with Gasteiger partial charge in [-0.05, 0) is 42.7 Å². The molecule has 10 heteroatoms. The average Bonchev–Trinajstić information content (AvgIpc) is 2.93. The smallest absolute Gasteiger partial charge is 0.272 e. The number of hydrogen-bond acceptors (Lipinski definition) is 7. The molecular weight excluding hydrogens is 492 g/mol. The van der Waals surface area contributed by atoms with E-state index in [1.54, 1.807) is 29.2 Å². The molecule has 0 spiro atoms. The zero-order valence-corrected chi connectivity index (χ0v) is 21.0. The number of aromatic nitrogens is 2. The number of sulfonamides is 1. The molecule has 0 atom stereocenters. The zero-order chi connectivity index (χ0) is 26.0. The van der Waals surface area contributed by atoms with E-state index in [-0.39, 0.29) is 28.1 Å². The van der Waals surface area contributed by atoms with Crippen LogP contribution in [0.15, 0.2) is 83.9 Å². The van der Waals surface area contributed by atoms with Gasteiger partial charge in [0.2, 0.25) is 5.88 Å². The van der Waals surface area contributed by atoms with E-state index in [1.807, 2.05) is 30.3 Å². The lowest BCUT2D eigenvalue weighted by molar-refractivity contribution is -0.0212. The highest BCUT2D eigenvalue weighted by molar-refractivity contribution is 7.93. The van der Waals surface area contributed by atoms with Gasteiger partial charge in [-0.15, -0.1) is 0 Å². The number of fused-ring (bicyclic) bond motifs is 1. The molecule has 1 aliphatic heterocycles. The van der Waals surface area contributed by atoms with E-state index in [4.69, 9.17) is 4.74 Å². The molecule has 2 N–H and O–H groups in total. The standard InChI is InChI=1S/C27H26N4O5S/c1-36-25-21(30-37(34,35)23-11-5-7-19-8-6-16-28-24(19)23)12-13-22(29-25)26(32)31-17-14-27(33,15-18-31)20-9-3-2-4-10-20/h2-13,16,30,33H,14-15,17-18H2,1H3. The van der Waals surface area contributed by atoms with E-state index >= 15 is 0 Å². The van der Waals surface area contributed by atoms with Crippen LogP contribution in [0.3, 0.4) is 0 Å². The van der Waals surface area contributed by atoms with Crippen LogP contribution in [0.25, 0.3) is 10.9 Å². The van der Waals surface area contributed by atoms with Crippen molar-refractivity contribution in [1.82, 2.24) is 14.9 Å². The monoisotopic (exact) mass is 518 g/mol. The summed E-state index contributed by atoms with van der Waals surface area (Å²) in [4.78, 5) is 23.3. The number of piperidine rings is 1. The second-order valence-corrected chi connectivity index (χ2v) is 10.5. The first kappa shape index (κ1) is 24.7. The molecule has 1 saturated heterocycles. The molecule has 2 aromatic heterocycles. The molecule has 0 saturated carbocycles. The maximum atomic E-state index is 13.2. The molecule has 0 radical (unpaired) electrons. The summed E-state index contributed by atoms with van der Waals surface area (Å²) >= 11 is 0. The fraction of sp³-hybridized carbons (Fsp3) is 0.222. The summed E-state index contributed by atoms with van der Waals surface area (Å²) in [6.07, 6.45) is 2.33. The number of nitrogens with zero attached hydrogens (tertiary/aromatic N) is 3. The zero-order valence-electron chi connectivity index (χ0n) is 20.2. The first-order valence-corrected chi connectivity index (χ1v) is 13.3. The van der Waals surface area contributed by atoms with E-state index in [0.717, 1.165) is 5.56 Å². The summed E-state index contributed by atoms with van der Waals surface area (Å²) in [5.41, 5.74) is 0.416. The van der Waals surface area contributed by atoms with E-state index in [1.165, 1.54) is 31.5 Å². The minimum Gasteiger partial charge on any atom is -0.479 e. The van der Waals surface area contributed by atoms with Crippen molar-refractivity contribution in [1.29, 1.82) is 0 Å². The third-order valence-electron chi connectivity index (χ3n) is 6.59. The van der Waals surface area contributed by atoms with E-state index < -0.39 is 15.6 Å². The summed E-state index contributed by atoms with van der Waals surface area (Å²) in [5.74, 6) is -0.346. The maximum Gasteiger partial charge on any atom is 0.272 e. The fourth-order valence-electron chi connectivity index (χ4n) is 4.56. The quantitative estimate of drug-likeness (QED) is 0.400. The number of ether oxygens (including phenoxy) is 1. The highest BCUT2D eigenvalue weighted by Gasteiger charge is 2.36. The molecule has 3 heterocycles. The number of amides is 1. The van der Waals surface area contributed by atoms with Crippen LogP contribution in [-0.2, 0) is 15.6 Å². The lowest BCUT2D eigenvalue weighted by atomic mass is 9.84. The minimum atomic E-state index is -4.02. The van der Waals surface area contributed by atoms with Crippen LogP contribution in [0.4, 0.5) is 5.69 Å². The third-order valence-corrected chi connectivity index (χ3v) is 7.99. The van der Waals surface area contributed by atoms with Crippen LogP contribution in [0.5, 0.6) is 5.88 Å². The number of methoxy groups -OCH3 is 1. The van der Waals surface area contributed by atoms with Crippen molar-refractivity contribution in [3.63, 3.8) is 0 Å². The molecular formula is C27H26N4O5S. The molecule has 0 unspecified atom stereocenters. The molecule has 9 nitrogen and oxygen atoms in total. The number of para-hydroxylation sites is 1. The summed E-state index contributed by atoms with van der Waals surface area (Å²) < 4.78 is 34.2. The third kappa shape index (κ3) is 4.85. The SMILES string of the molecule is COc1nc(C(=O)N2CCC(O)(c3ccccc3)CC2)ccc1NS(=O)(=O)c1cccc2cccnc12. The van der Waals surface area contributed by atoms with Gasteiger partial charge in [-0.1, -0.05) is 48.5 Å². The van der Waals surface area contributed by atoms with Crippen molar-refractivity contribution >= 4 is 32.5 Å². The van der Waals surface area contributed by atoms with Gasteiger partial charge in [0.05, 0.1) is 18.2 Å². The molecule has 2 aromatic carbocycles. The van der Waals surface area contributed by atoms with E-state index in [2.05, 4.69) is 14.7 Å². The molecule has 1 aliphatic rings. The second-order valence-electron chi connectivity index (χ2n) is 8.88. The summed E-state index contributed by atoms with van der Waals surface area (Å²) in [6.45, 7) is 0.716. The highest BCUT2D eigenvalue weighted by atomic mass is 32.2. The molecule has 1 amide bonds. The van der Waals surface area contributed by atoms with Gasteiger partial charge in [-0.2, -0.15) is 0 Å². The first-order chi connectivity index (χ1) is 17.8. The summed E-state index contributed by atoms with van der Waals surface area (Å²) in [7, 11) is -2.67. The number of carbonyl (C=O) groups excluding carboxylic acids is 1. The number of anilines is 1. The van der Waals surface area contributed by atoms with Gasteiger partial charge in [0, 0.05) is 24.7 Å². The van der Waals surface area contributed by atoms with Crippen LogP contribution >= 0.6 is 0 Å². The van der Waals surface area contributed by atoms with Crippen LogP contribution in [-0.4, -0.2) is 54.5 Å². The number of benzene rings is 2. The number of pyridine rings is 2. The van der Waals surface area contributed by atoms with Gasteiger partial charge >= 0.3 is 0 Å². The van der Waals surface area contributed by atoms with Crippen LogP contribution < -0.4 is 9.46 Å². The number of rotatable bonds is 6. The largest absolute Gasteiger partial charge is 0.479 e. The van der Waals surface area contributed by atoms with Crippen molar-refractivity contribution in [3.8, 4) is 5.88 Å². The van der Waals surface area contributed by atoms with Crippen LogP contribution in [0.1, 0.15) is 28.9 Å². The van der Waals surface area contributed by atoms with Crippen molar-refractivity contribution in [2.75, 3.05) is 24.9 Å². The molecule has 37 heavy (non-hydrogen) atoms. The van der Waals surface area contributed by atoms with Crippen molar-refractivity contribution in [3.05, 3.63) is 90.3 Å². The molecule has 4 aromatic rings. The number of likely N-dealkylation sites (tertiary alicyclic amines) is 1. The Morgan fingerprint density at radius 3 is 2.46 bits per heavy atom. The lowest BCUT2D eigenvalue weighted by Gasteiger charge is -2.38. The van der Waals surface area contributed by atoms with Crippen LogP contribution in [0, 0.1) is 0 Å². The van der Waals surface area contributed by atoms with Gasteiger partial charge < -0.3 is 14.7 Å². The lowest BCUT2D eigenvalue weighted by Crippen LogP contribution is -2.45. The van der Waals surface area contributed by atoms with Gasteiger partial charge in [0.15, 0.2) is 0 Å². The second kappa shape index (κ2) is 9.79. The topological polar surface area (TPSA) is 122 Å².